The van der Waals surface area contributed by atoms with Gasteiger partial charge in [-0.05, 0) is 39.7 Å². The molecule has 23 heavy (non-hydrogen) atoms. The molecule has 1 saturated carbocycles. The van der Waals surface area contributed by atoms with Crippen LogP contribution in [0.2, 0.25) is 0 Å². The first-order chi connectivity index (χ1) is 11.0. The first-order valence-corrected chi connectivity index (χ1v) is 8.67. The van der Waals surface area contributed by atoms with Crippen molar-refractivity contribution in [1.29, 1.82) is 0 Å². The zero-order chi connectivity index (χ0) is 16.8. The monoisotopic (exact) mass is 320 g/mol. The van der Waals surface area contributed by atoms with Gasteiger partial charge in [0.15, 0.2) is 0 Å². The number of nitrogens with one attached hydrogen (secondary N) is 1. The molecule has 1 heterocycles. The van der Waals surface area contributed by atoms with Gasteiger partial charge in [-0.2, -0.15) is 0 Å². The SMILES string of the molecule is CCN(CCC(=O)NC1CCCCC1)C(=O)c1cc(C)oc1C. The zero-order valence-corrected chi connectivity index (χ0v) is 14.5. The summed E-state index contributed by atoms with van der Waals surface area (Å²) >= 11 is 0. The number of rotatable bonds is 6. The first-order valence-electron chi connectivity index (χ1n) is 8.67. The summed E-state index contributed by atoms with van der Waals surface area (Å²) < 4.78 is 5.43. The Labute approximate surface area is 138 Å². The predicted molar refractivity (Wildman–Crippen MR) is 89.4 cm³/mol. The van der Waals surface area contributed by atoms with Crippen LogP contribution in [0.25, 0.3) is 0 Å². The fourth-order valence-electron chi connectivity index (χ4n) is 3.20. The molecule has 2 rings (SSSR count). The van der Waals surface area contributed by atoms with Crippen molar-refractivity contribution in [2.75, 3.05) is 13.1 Å². The third kappa shape index (κ3) is 4.85. The summed E-state index contributed by atoms with van der Waals surface area (Å²) in [5.41, 5.74) is 0.594. The maximum absolute atomic E-state index is 12.5. The van der Waals surface area contributed by atoms with Crippen LogP contribution in [0.5, 0.6) is 0 Å². The lowest BCUT2D eigenvalue weighted by molar-refractivity contribution is -0.122. The summed E-state index contributed by atoms with van der Waals surface area (Å²) in [6.45, 7) is 6.58. The van der Waals surface area contributed by atoms with Crippen LogP contribution in [0.3, 0.4) is 0 Å². The van der Waals surface area contributed by atoms with Gasteiger partial charge in [-0.1, -0.05) is 19.3 Å². The predicted octanol–water partition coefficient (Wildman–Crippen LogP) is 3.20. The number of furan rings is 1. The van der Waals surface area contributed by atoms with Crippen molar-refractivity contribution in [3.05, 3.63) is 23.2 Å². The maximum Gasteiger partial charge on any atom is 0.257 e. The number of aryl methyl sites for hydroxylation is 2. The summed E-state index contributed by atoms with van der Waals surface area (Å²) in [5, 5.41) is 3.10. The summed E-state index contributed by atoms with van der Waals surface area (Å²) in [5.74, 6) is 1.35. The molecule has 0 aromatic carbocycles. The van der Waals surface area contributed by atoms with Gasteiger partial charge in [-0.3, -0.25) is 9.59 Å². The minimum absolute atomic E-state index is 0.0447. The Morgan fingerprint density at radius 3 is 2.52 bits per heavy atom. The number of hydrogen-bond donors (Lipinski definition) is 1. The second-order valence-electron chi connectivity index (χ2n) is 6.36. The van der Waals surface area contributed by atoms with Crippen LogP contribution in [0, 0.1) is 13.8 Å². The van der Waals surface area contributed by atoms with E-state index in [1.807, 2.05) is 13.8 Å². The summed E-state index contributed by atoms with van der Waals surface area (Å²) in [7, 11) is 0. The fourth-order valence-corrected chi connectivity index (χ4v) is 3.20. The van der Waals surface area contributed by atoms with Crippen molar-refractivity contribution in [1.82, 2.24) is 10.2 Å². The zero-order valence-electron chi connectivity index (χ0n) is 14.5. The summed E-state index contributed by atoms with van der Waals surface area (Å²) in [4.78, 5) is 26.3. The topological polar surface area (TPSA) is 62.6 Å². The minimum Gasteiger partial charge on any atom is -0.466 e. The molecule has 0 bridgehead atoms. The molecule has 1 aliphatic rings. The van der Waals surface area contributed by atoms with E-state index in [4.69, 9.17) is 4.42 Å². The number of carbonyl (C=O) groups is 2. The molecular weight excluding hydrogens is 292 g/mol. The Morgan fingerprint density at radius 2 is 1.96 bits per heavy atom. The molecule has 5 heteroatoms. The van der Waals surface area contributed by atoms with Crippen LogP contribution >= 0.6 is 0 Å². The molecule has 5 nitrogen and oxygen atoms in total. The average Bonchev–Trinajstić information content (AvgIpc) is 2.87. The van der Waals surface area contributed by atoms with E-state index in [9.17, 15) is 9.59 Å². The molecule has 1 aliphatic carbocycles. The molecule has 1 N–H and O–H groups in total. The van der Waals surface area contributed by atoms with Crippen LogP contribution in [-0.2, 0) is 4.79 Å². The second kappa shape index (κ2) is 8.18. The first kappa shape index (κ1) is 17.6. The van der Waals surface area contributed by atoms with Gasteiger partial charge in [0, 0.05) is 25.6 Å². The highest BCUT2D eigenvalue weighted by Gasteiger charge is 2.21. The van der Waals surface area contributed by atoms with Crippen LogP contribution in [0.1, 0.15) is 67.3 Å². The number of hydrogen-bond acceptors (Lipinski definition) is 3. The van der Waals surface area contributed by atoms with Gasteiger partial charge >= 0.3 is 0 Å². The summed E-state index contributed by atoms with van der Waals surface area (Å²) in [6.07, 6.45) is 6.18. The van der Waals surface area contributed by atoms with E-state index < -0.39 is 0 Å². The van der Waals surface area contributed by atoms with Gasteiger partial charge < -0.3 is 14.6 Å². The third-order valence-corrected chi connectivity index (χ3v) is 4.52. The van der Waals surface area contributed by atoms with Gasteiger partial charge in [0.2, 0.25) is 5.91 Å². The number of nitrogens with zero attached hydrogens (tertiary/aromatic N) is 1. The van der Waals surface area contributed by atoms with Crippen LogP contribution in [0.15, 0.2) is 10.5 Å². The lowest BCUT2D eigenvalue weighted by Crippen LogP contribution is -2.39. The lowest BCUT2D eigenvalue weighted by atomic mass is 9.95. The van der Waals surface area contributed by atoms with Crippen molar-refractivity contribution < 1.29 is 14.0 Å². The van der Waals surface area contributed by atoms with Gasteiger partial charge in [-0.15, -0.1) is 0 Å². The molecule has 128 valence electrons. The fraction of sp³-hybridized carbons (Fsp3) is 0.667. The van der Waals surface area contributed by atoms with Crippen molar-refractivity contribution in [2.45, 2.75) is 65.3 Å². The average molecular weight is 320 g/mol. The number of carbonyl (C=O) groups excluding carboxylic acids is 2. The van der Waals surface area contributed by atoms with Gasteiger partial charge in [0.1, 0.15) is 11.5 Å². The largest absolute Gasteiger partial charge is 0.466 e. The molecule has 0 radical (unpaired) electrons. The summed E-state index contributed by atoms with van der Waals surface area (Å²) in [6, 6.07) is 2.09. The Kier molecular flexibility index (Phi) is 6.25. The molecule has 2 amide bonds. The lowest BCUT2D eigenvalue weighted by Gasteiger charge is -2.24. The molecular formula is C18H28N2O3. The standard InChI is InChI=1S/C18H28N2O3/c1-4-20(18(22)16-12-13(2)23-14(16)3)11-10-17(21)19-15-8-6-5-7-9-15/h12,15H,4-11H2,1-3H3,(H,19,21). The third-order valence-electron chi connectivity index (χ3n) is 4.52. The highest BCUT2D eigenvalue weighted by molar-refractivity contribution is 5.95. The Morgan fingerprint density at radius 1 is 1.26 bits per heavy atom. The van der Waals surface area contributed by atoms with Crippen molar-refractivity contribution >= 4 is 11.8 Å². The quantitative estimate of drug-likeness (QED) is 0.875. The normalized spacial score (nSPS) is 15.4. The molecule has 0 unspecified atom stereocenters. The Hall–Kier alpha value is -1.78. The minimum atomic E-state index is -0.0627. The Bertz CT molecular complexity index is 544. The number of amides is 2. The maximum atomic E-state index is 12.5. The van der Waals surface area contributed by atoms with Crippen LogP contribution in [-0.4, -0.2) is 35.8 Å². The van der Waals surface area contributed by atoms with E-state index in [0.29, 0.717) is 36.9 Å². The van der Waals surface area contributed by atoms with Crippen molar-refractivity contribution in [3.63, 3.8) is 0 Å². The molecule has 0 saturated heterocycles. The van der Waals surface area contributed by atoms with Gasteiger partial charge in [0.05, 0.1) is 5.56 Å². The van der Waals surface area contributed by atoms with E-state index in [1.165, 1.54) is 19.3 Å². The van der Waals surface area contributed by atoms with Crippen LogP contribution in [0.4, 0.5) is 0 Å². The van der Waals surface area contributed by atoms with Crippen molar-refractivity contribution in [3.8, 4) is 0 Å². The molecule has 1 aromatic rings. The highest BCUT2D eigenvalue weighted by Crippen LogP contribution is 2.18. The van der Waals surface area contributed by atoms with E-state index in [0.717, 1.165) is 18.6 Å². The molecule has 0 aliphatic heterocycles. The second-order valence-corrected chi connectivity index (χ2v) is 6.36. The molecule has 1 aromatic heterocycles. The van der Waals surface area contributed by atoms with Crippen LogP contribution < -0.4 is 5.32 Å². The Balaban J connectivity index is 1.85. The van der Waals surface area contributed by atoms with E-state index in [-0.39, 0.29) is 11.8 Å². The van der Waals surface area contributed by atoms with E-state index >= 15 is 0 Å². The smallest absolute Gasteiger partial charge is 0.257 e. The highest BCUT2D eigenvalue weighted by atomic mass is 16.3. The van der Waals surface area contributed by atoms with E-state index in [2.05, 4.69) is 5.32 Å². The van der Waals surface area contributed by atoms with Gasteiger partial charge in [0.25, 0.3) is 5.91 Å². The van der Waals surface area contributed by atoms with E-state index in [1.54, 1.807) is 17.9 Å². The molecule has 1 fully saturated rings. The molecule has 0 spiro atoms. The van der Waals surface area contributed by atoms with Crippen molar-refractivity contribution in [2.24, 2.45) is 0 Å². The van der Waals surface area contributed by atoms with Gasteiger partial charge in [-0.25, -0.2) is 0 Å². The molecule has 0 atom stereocenters.